The molecule has 2 rings (SSSR count). The molecule has 2 saturated heterocycles. The minimum atomic E-state index is 0.195. The molecule has 0 spiro atoms. The van der Waals surface area contributed by atoms with Crippen molar-refractivity contribution in [2.24, 2.45) is 5.73 Å². The van der Waals surface area contributed by atoms with Crippen LogP contribution in [0.15, 0.2) is 0 Å². The number of ether oxygens (including phenoxy) is 1. The summed E-state index contributed by atoms with van der Waals surface area (Å²) in [5, 5.41) is 0. The van der Waals surface area contributed by atoms with Crippen molar-refractivity contribution in [3.05, 3.63) is 0 Å². The first-order valence-corrected chi connectivity index (χ1v) is 8.46. The number of nitrogens with two attached hydrogens (primary N) is 1. The van der Waals surface area contributed by atoms with E-state index in [1.807, 2.05) is 0 Å². The van der Waals surface area contributed by atoms with E-state index in [-0.39, 0.29) is 5.54 Å². The fourth-order valence-electron chi connectivity index (χ4n) is 3.76. The van der Waals surface area contributed by atoms with Gasteiger partial charge in [-0.05, 0) is 32.6 Å². The first-order chi connectivity index (χ1) is 9.65. The van der Waals surface area contributed by atoms with E-state index in [0.29, 0.717) is 12.1 Å². The van der Waals surface area contributed by atoms with Crippen molar-refractivity contribution < 1.29 is 4.74 Å². The molecule has 0 amide bonds. The van der Waals surface area contributed by atoms with Gasteiger partial charge in [0.1, 0.15) is 0 Å². The Morgan fingerprint density at radius 1 is 1.25 bits per heavy atom. The Kier molecular flexibility index (Phi) is 5.84. The fraction of sp³-hybridized carbons (Fsp3) is 1.00. The number of piperazine rings is 1. The Morgan fingerprint density at radius 3 is 2.50 bits per heavy atom. The minimum absolute atomic E-state index is 0.195. The predicted octanol–water partition coefficient (Wildman–Crippen LogP) is 1.69. The van der Waals surface area contributed by atoms with Crippen molar-refractivity contribution in [1.82, 2.24) is 9.80 Å². The highest BCUT2D eigenvalue weighted by atomic mass is 16.5. The predicted molar refractivity (Wildman–Crippen MR) is 83.9 cm³/mol. The molecular weight excluding hydrogens is 250 g/mol. The van der Waals surface area contributed by atoms with Crippen molar-refractivity contribution in [3.8, 4) is 0 Å². The summed E-state index contributed by atoms with van der Waals surface area (Å²) >= 11 is 0. The molecular formula is C16H33N3O. The number of hydrogen-bond donors (Lipinski definition) is 1. The van der Waals surface area contributed by atoms with Gasteiger partial charge in [-0.2, -0.15) is 0 Å². The summed E-state index contributed by atoms with van der Waals surface area (Å²) in [6, 6.07) is 0.712. The van der Waals surface area contributed by atoms with Crippen LogP contribution in [0.5, 0.6) is 0 Å². The van der Waals surface area contributed by atoms with E-state index in [9.17, 15) is 0 Å². The second kappa shape index (κ2) is 7.21. The first-order valence-electron chi connectivity index (χ1n) is 8.46. The molecule has 118 valence electrons. The van der Waals surface area contributed by atoms with Crippen LogP contribution in [-0.2, 0) is 4.74 Å². The summed E-state index contributed by atoms with van der Waals surface area (Å²) in [4.78, 5) is 5.29. The van der Waals surface area contributed by atoms with E-state index >= 15 is 0 Å². The van der Waals surface area contributed by atoms with E-state index in [4.69, 9.17) is 10.5 Å². The highest BCUT2D eigenvalue weighted by Gasteiger charge is 2.41. The van der Waals surface area contributed by atoms with Crippen LogP contribution in [0.3, 0.4) is 0 Å². The molecule has 3 unspecified atom stereocenters. The van der Waals surface area contributed by atoms with Gasteiger partial charge in [-0.3, -0.25) is 9.80 Å². The molecule has 4 heteroatoms. The van der Waals surface area contributed by atoms with E-state index in [1.165, 1.54) is 19.5 Å². The Morgan fingerprint density at radius 2 is 1.95 bits per heavy atom. The molecule has 0 aliphatic carbocycles. The van der Waals surface area contributed by atoms with Crippen molar-refractivity contribution in [3.63, 3.8) is 0 Å². The Balaban J connectivity index is 1.96. The fourth-order valence-corrected chi connectivity index (χ4v) is 3.76. The molecule has 0 aromatic rings. The molecule has 0 radical (unpaired) electrons. The third-order valence-electron chi connectivity index (χ3n) is 5.56. The van der Waals surface area contributed by atoms with Gasteiger partial charge in [-0.1, -0.05) is 13.8 Å². The largest absolute Gasteiger partial charge is 0.378 e. The minimum Gasteiger partial charge on any atom is -0.378 e. The lowest BCUT2D eigenvalue weighted by molar-refractivity contribution is -0.0846. The summed E-state index contributed by atoms with van der Waals surface area (Å²) in [5.41, 5.74) is 6.39. The van der Waals surface area contributed by atoms with Gasteiger partial charge in [0, 0.05) is 50.9 Å². The van der Waals surface area contributed by atoms with Crippen LogP contribution < -0.4 is 5.73 Å². The van der Waals surface area contributed by atoms with Crippen LogP contribution in [0.1, 0.15) is 46.5 Å². The maximum absolute atomic E-state index is 6.20. The van der Waals surface area contributed by atoms with Crippen LogP contribution in [0.2, 0.25) is 0 Å². The molecule has 0 aromatic carbocycles. The van der Waals surface area contributed by atoms with Crippen LogP contribution in [-0.4, -0.2) is 66.8 Å². The smallest absolute Gasteiger partial charge is 0.0590 e. The number of nitrogens with zero attached hydrogens (tertiary/aromatic N) is 2. The van der Waals surface area contributed by atoms with Gasteiger partial charge in [-0.25, -0.2) is 0 Å². The monoisotopic (exact) mass is 283 g/mol. The zero-order valence-corrected chi connectivity index (χ0v) is 13.6. The van der Waals surface area contributed by atoms with Gasteiger partial charge in [0.25, 0.3) is 0 Å². The van der Waals surface area contributed by atoms with Gasteiger partial charge in [0.15, 0.2) is 0 Å². The average Bonchev–Trinajstić information content (AvgIpc) is 2.54. The maximum Gasteiger partial charge on any atom is 0.0590 e. The van der Waals surface area contributed by atoms with Gasteiger partial charge in [-0.15, -0.1) is 0 Å². The number of hydrogen-bond acceptors (Lipinski definition) is 4. The normalized spacial score (nSPS) is 35.1. The lowest BCUT2D eigenvalue weighted by Gasteiger charge is -2.51. The number of rotatable bonds is 5. The molecule has 2 heterocycles. The average molecular weight is 283 g/mol. The van der Waals surface area contributed by atoms with Gasteiger partial charge < -0.3 is 10.5 Å². The summed E-state index contributed by atoms with van der Waals surface area (Å²) < 4.78 is 5.86. The van der Waals surface area contributed by atoms with Crippen molar-refractivity contribution >= 4 is 0 Å². The van der Waals surface area contributed by atoms with Gasteiger partial charge in [0.05, 0.1) is 6.10 Å². The molecule has 20 heavy (non-hydrogen) atoms. The van der Waals surface area contributed by atoms with E-state index in [2.05, 4.69) is 30.6 Å². The van der Waals surface area contributed by atoms with Crippen molar-refractivity contribution in [2.75, 3.05) is 39.3 Å². The second-order valence-electron chi connectivity index (χ2n) is 6.56. The van der Waals surface area contributed by atoms with Gasteiger partial charge in [0.2, 0.25) is 0 Å². The molecule has 2 N–H and O–H groups in total. The molecule has 3 atom stereocenters. The quantitative estimate of drug-likeness (QED) is 0.834. The highest BCUT2D eigenvalue weighted by molar-refractivity contribution is 4.98. The summed E-state index contributed by atoms with van der Waals surface area (Å²) in [5.74, 6) is 0. The summed E-state index contributed by atoms with van der Waals surface area (Å²) in [6.07, 6.45) is 4.97. The standard InChI is InChI=1S/C16H33N3O/c1-4-14(3)18-7-9-19(10-8-18)16(13-17)6-11-20-15(5-2)12-16/h14-15H,4-13,17H2,1-3H3. The topological polar surface area (TPSA) is 41.7 Å². The van der Waals surface area contributed by atoms with E-state index < -0.39 is 0 Å². The second-order valence-corrected chi connectivity index (χ2v) is 6.56. The molecule has 0 bridgehead atoms. The van der Waals surface area contributed by atoms with Crippen LogP contribution >= 0.6 is 0 Å². The molecule has 0 aromatic heterocycles. The third-order valence-corrected chi connectivity index (χ3v) is 5.56. The van der Waals surface area contributed by atoms with Crippen molar-refractivity contribution in [2.45, 2.75) is 64.1 Å². The lowest BCUT2D eigenvalue weighted by Crippen LogP contribution is -2.63. The molecule has 0 saturated carbocycles. The van der Waals surface area contributed by atoms with Gasteiger partial charge >= 0.3 is 0 Å². The lowest BCUT2D eigenvalue weighted by atomic mass is 9.83. The summed E-state index contributed by atoms with van der Waals surface area (Å²) in [6.45, 7) is 13.2. The molecule has 2 fully saturated rings. The molecule has 4 nitrogen and oxygen atoms in total. The Labute approximate surface area is 124 Å². The molecule has 2 aliphatic rings. The SMILES string of the molecule is CCC1CC(CN)(N2CCN(C(C)CC)CC2)CCO1. The third kappa shape index (κ3) is 3.35. The molecule has 2 aliphatic heterocycles. The zero-order chi connectivity index (χ0) is 14.6. The zero-order valence-electron chi connectivity index (χ0n) is 13.6. The van der Waals surface area contributed by atoms with Crippen LogP contribution in [0, 0.1) is 0 Å². The van der Waals surface area contributed by atoms with Crippen LogP contribution in [0.4, 0.5) is 0 Å². The van der Waals surface area contributed by atoms with E-state index in [0.717, 1.165) is 45.5 Å². The van der Waals surface area contributed by atoms with E-state index in [1.54, 1.807) is 0 Å². The summed E-state index contributed by atoms with van der Waals surface area (Å²) in [7, 11) is 0. The first kappa shape index (κ1) is 16.2. The van der Waals surface area contributed by atoms with Crippen molar-refractivity contribution in [1.29, 1.82) is 0 Å². The Bertz CT molecular complexity index is 291. The van der Waals surface area contributed by atoms with Crippen LogP contribution in [0.25, 0.3) is 0 Å². The highest BCUT2D eigenvalue weighted by Crippen LogP contribution is 2.32. The maximum atomic E-state index is 6.20. The Hall–Kier alpha value is -0.160.